The van der Waals surface area contributed by atoms with Gasteiger partial charge in [-0.25, -0.2) is 0 Å². The molecule has 0 radical (unpaired) electrons. The Morgan fingerprint density at radius 3 is 2.84 bits per heavy atom. The zero-order chi connectivity index (χ0) is 13.8. The lowest BCUT2D eigenvalue weighted by atomic mass is 10.1. The SMILES string of the molecule is COCC(NC(=O)c1coc2ccccc12)C(N)=O. The lowest BCUT2D eigenvalue weighted by molar-refractivity contribution is -0.121. The fourth-order valence-electron chi connectivity index (χ4n) is 1.75. The van der Waals surface area contributed by atoms with Gasteiger partial charge in [0.05, 0.1) is 12.2 Å². The van der Waals surface area contributed by atoms with Crippen LogP contribution in [0.25, 0.3) is 11.0 Å². The van der Waals surface area contributed by atoms with E-state index in [9.17, 15) is 9.59 Å². The van der Waals surface area contributed by atoms with Gasteiger partial charge in [0, 0.05) is 12.5 Å². The summed E-state index contributed by atoms with van der Waals surface area (Å²) in [5.74, 6) is -1.08. The second-order valence-corrected chi connectivity index (χ2v) is 4.03. The molecule has 0 aliphatic heterocycles. The molecule has 2 aromatic rings. The number of hydrogen-bond acceptors (Lipinski definition) is 4. The first-order valence-corrected chi connectivity index (χ1v) is 5.69. The largest absolute Gasteiger partial charge is 0.463 e. The van der Waals surface area contributed by atoms with Crippen molar-refractivity contribution >= 4 is 22.8 Å². The van der Waals surface area contributed by atoms with Gasteiger partial charge in [-0.1, -0.05) is 18.2 Å². The summed E-state index contributed by atoms with van der Waals surface area (Å²) in [4.78, 5) is 23.2. The number of nitrogens with one attached hydrogen (secondary N) is 1. The molecule has 3 N–H and O–H groups in total. The van der Waals surface area contributed by atoms with Gasteiger partial charge in [0.25, 0.3) is 5.91 Å². The summed E-state index contributed by atoms with van der Waals surface area (Å²) >= 11 is 0. The number of hydrogen-bond donors (Lipinski definition) is 2. The van der Waals surface area contributed by atoms with E-state index in [0.717, 1.165) is 0 Å². The van der Waals surface area contributed by atoms with Gasteiger partial charge in [0.2, 0.25) is 5.91 Å². The first-order chi connectivity index (χ1) is 9.13. The minimum Gasteiger partial charge on any atom is -0.463 e. The Morgan fingerprint density at radius 2 is 2.16 bits per heavy atom. The minimum absolute atomic E-state index is 0.0247. The third-order valence-electron chi connectivity index (χ3n) is 2.71. The molecule has 1 aromatic carbocycles. The monoisotopic (exact) mass is 262 g/mol. The average Bonchev–Trinajstić information content (AvgIpc) is 2.81. The van der Waals surface area contributed by atoms with Gasteiger partial charge < -0.3 is 20.2 Å². The number of amides is 2. The van der Waals surface area contributed by atoms with E-state index in [1.165, 1.54) is 13.4 Å². The van der Waals surface area contributed by atoms with E-state index in [4.69, 9.17) is 14.9 Å². The Kier molecular flexibility index (Phi) is 3.82. The van der Waals surface area contributed by atoms with Crippen molar-refractivity contribution in [2.45, 2.75) is 6.04 Å². The van der Waals surface area contributed by atoms with Crippen LogP contribution in [0.4, 0.5) is 0 Å². The van der Waals surface area contributed by atoms with E-state index in [1.54, 1.807) is 18.2 Å². The van der Waals surface area contributed by atoms with E-state index < -0.39 is 17.9 Å². The molecular formula is C13H14N2O4. The van der Waals surface area contributed by atoms with Crippen LogP contribution in [-0.4, -0.2) is 31.6 Å². The molecule has 0 aliphatic carbocycles. The number of para-hydroxylation sites is 1. The van der Waals surface area contributed by atoms with Crippen LogP contribution in [0.2, 0.25) is 0 Å². The van der Waals surface area contributed by atoms with Crippen molar-refractivity contribution in [2.75, 3.05) is 13.7 Å². The molecule has 2 amide bonds. The van der Waals surface area contributed by atoms with Crippen molar-refractivity contribution in [1.82, 2.24) is 5.32 Å². The van der Waals surface area contributed by atoms with Crippen LogP contribution in [0.15, 0.2) is 34.9 Å². The number of nitrogens with two attached hydrogens (primary N) is 1. The lowest BCUT2D eigenvalue weighted by Gasteiger charge is -2.13. The molecule has 1 unspecified atom stereocenters. The van der Waals surface area contributed by atoms with Gasteiger partial charge >= 0.3 is 0 Å². The molecule has 1 heterocycles. The minimum atomic E-state index is -0.869. The second-order valence-electron chi connectivity index (χ2n) is 4.03. The number of primary amides is 1. The smallest absolute Gasteiger partial charge is 0.255 e. The van der Waals surface area contributed by atoms with Gasteiger partial charge in [0.15, 0.2) is 0 Å². The number of carbonyl (C=O) groups excluding carboxylic acids is 2. The van der Waals surface area contributed by atoms with E-state index in [-0.39, 0.29) is 6.61 Å². The number of ether oxygens (including phenoxy) is 1. The molecule has 0 aliphatic rings. The van der Waals surface area contributed by atoms with E-state index >= 15 is 0 Å². The molecule has 0 saturated carbocycles. The Hall–Kier alpha value is -2.34. The predicted octanol–water partition coefficient (Wildman–Crippen LogP) is 0.663. The van der Waals surface area contributed by atoms with Crippen molar-refractivity contribution in [3.8, 4) is 0 Å². The Balaban J connectivity index is 2.22. The standard InChI is InChI=1S/C13H14N2O4/c1-18-7-10(12(14)16)15-13(17)9-6-19-11-5-3-2-4-8(9)11/h2-6,10H,7H2,1H3,(H2,14,16)(H,15,17). The van der Waals surface area contributed by atoms with Gasteiger partial charge in [-0.2, -0.15) is 0 Å². The van der Waals surface area contributed by atoms with Gasteiger partial charge in [-0.3, -0.25) is 9.59 Å². The van der Waals surface area contributed by atoms with Crippen LogP contribution in [0, 0.1) is 0 Å². The number of methoxy groups -OCH3 is 1. The van der Waals surface area contributed by atoms with E-state index in [1.807, 2.05) is 6.07 Å². The van der Waals surface area contributed by atoms with Gasteiger partial charge in [0.1, 0.15) is 17.9 Å². The zero-order valence-electron chi connectivity index (χ0n) is 10.4. The molecule has 0 bridgehead atoms. The molecule has 6 heteroatoms. The number of rotatable bonds is 5. The van der Waals surface area contributed by atoms with Crippen LogP contribution in [0.1, 0.15) is 10.4 Å². The summed E-state index contributed by atoms with van der Waals surface area (Å²) in [6.07, 6.45) is 1.35. The van der Waals surface area contributed by atoms with Crippen LogP contribution >= 0.6 is 0 Å². The highest BCUT2D eigenvalue weighted by Gasteiger charge is 2.21. The fraction of sp³-hybridized carbons (Fsp3) is 0.231. The highest BCUT2D eigenvalue weighted by atomic mass is 16.5. The highest BCUT2D eigenvalue weighted by Crippen LogP contribution is 2.20. The molecule has 100 valence electrons. The molecule has 1 atom stereocenters. The predicted molar refractivity (Wildman–Crippen MR) is 68.5 cm³/mol. The second kappa shape index (κ2) is 5.53. The maximum atomic E-state index is 12.1. The van der Waals surface area contributed by atoms with Crippen molar-refractivity contribution < 1.29 is 18.7 Å². The summed E-state index contributed by atoms with van der Waals surface area (Å²) in [5, 5.41) is 3.19. The van der Waals surface area contributed by atoms with Crippen molar-refractivity contribution in [1.29, 1.82) is 0 Å². The first-order valence-electron chi connectivity index (χ1n) is 5.69. The molecule has 0 fully saturated rings. The van der Waals surface area contributed by atoms with Crippen LogP contribution in [-0.2, 0) is 9.53 Å². The zero-order valence-corrected chi connectivity index (χ0v) is 10.4. The molecule has 0 saturated heterocycles. The van der Waals surface area contributed by atoms with Crippen LogP contribution in [0.5, 0.6) is 0 Å². The maximum Gasteiger partial charge on any atom is 0.255 e. The van der Waals surface area contributed by atoms with E-state index in [0.29, 0.717) is 16.5 Å². The lowest BCUT2D eigenvalue weighted by Crippen LogP contribution is -2.47. The van der Waals surface area contributed by atoms with Gasteiger partial charge in [-0.05, 0) is 6.07 Å². The van der Waals surface area contributed by atoms with Gasteiger partial charge in [-0.15, -0.1) is 0 Å². The number of fused-ring (bicyclic) bond motifs is 1. The topological polar surface area (TPSA) is 94.6 Å². The molecule has 1 aromatic heterocycles. The average molecular weight is 262 g/mol. The summed E-state index contributed by atoms with van der Waals surface area (Å²) in [7, 11) is 1.43. The summed E-state index contributed by atoms with van der Waals surface area (Å²) in [5.41, 5.74) is 6.15. The number of furan rings is 1. The highest BCUT2D eigenvalue weighted by molar-refractivity contribution is 6.07. The molecular weight excluding hydrogens is 248 g/mol. The number of benzene rings is 1. The molecule has 19 heavy (non-hydrogen) atoms. The molecule has 0 spiro atoms. The van der Waals surface area contributed by atoms with Crippen LogP contribution < -0.4 is 11.1 Å². The Labute approximate surface area is 109 Å². The Morgan fingerprint density at radius 1 is 1.42 bits per heavy atom. The van der Waals surface area contributed by atoms with Crippen molar-refractivity contribution in [2.24, 2.45) is 5.73 Å². The summed E-state index contributed by atoms with van der Waals surface area (Å²) in [6, 6.07) is 6.27. The molecule has 2 rings (SSSR count). The maximum absolute atomic E-state index is 12.1. The van der Waals surface area contributed by atoms with Crippen LogP contribution in [0.3, 0.4) is 0 Å². The van der Waals surface area contributed by atoms with Crippen molar-refractivity contribution in [3.63, 3.8) is 0 Å². The Bertz CT molecular complexity index is 605. The number of carbonyl (C=O) groups is 2. The third-order valence-corrected chi connectivity index (χ3v) is 2.71. The van der Waals surface area contributed by atoms with E-state index in [2.05, 4.69) is 5.32 Å². The normalized spacial score (nSPS) is 12.3. The fourth-order valence-corrected chi connectivity index (χ4v) is 1.75. The molecule has 6 nitrogen and oxygen atoms in total. The quantitative estimate of drug-likeness (QED) is 0.827. The summed E-state index contributed by atoms with van der Waals surface area (Å²) in [6.45, 7) is 0.0247. The van der Waals surface area contributed by atoms with Crippen molar-refractivity contribution in [3.05, 3.63) is 36.1 Å². The third kappa shape index (κ3) is 2.74. The summed E-state index contributed by atoms with van der Waals surface area (Å²) < 4.78 is 10.1. The first kappa shape index (κ1) is 13.1.